The maximum Gasteiger partial charge on any atom is 0.237 e. The number of nitrogens with zero attached hydrogens (tertiary/aromatic N) is 3. The Labute approximate surface area is 201 Å². The maximum atomic E-state index is 12.7. The Hall–Kier alpha value is -3.16. The SMILES string of the molecule is CNC(=O)[C@@H]1C[C@H](Oc2ccccc2)CN1C1CCN(Cc2cn[nH]c2-c2ccccc2)CC1. The van der Waals surface area contributed by atoms with Crippen LogP contribution in [-0.2, 0) is 11.3 Å². The summed E-state index contributed by atoms with van der Waals surface area (Å²) >= 11 is 0. The van der Waals surface area contributed by atoms with Gasteiger partial charge in [0.05, 0.1) is 17.9 Å². The summed E-state index contributed by atoms with van der Waals surface area (Å²) in [6, 6.07) is 20.5. The van der Waals surface area contributed by atoms with Crippen molar-refractivity contribution in [3.8, 4) is 17.0 Å². The van der Waals surface area contributed by atoms with Gasteiger partial charge in [-0.3, -0.25) is 19.7 Å². The number of ether oxygens (including phenoxy) is 1. The van der Waals surface area contributed by atoms with Crippen LogP contribution >= 0.6 is 0 Å². The first-order chi connectivity index (χ1) is 16.7. The summed E-state index contributed by atoms with van der Waals surface area (Å²) in [6.45, 7) is 3.68. The van der Waals surface area contributed by atoms with Crippen LogP contribution in [0.1, 0.15) is 24.8 Å². The molecule has 2 saturated heterocycles. The predicted octanol–water partition coefficient (Wildman–Crippen LogP) is 3.31. The van der Waals surface area contributed by atoms with Gasteiger partial charge in [-0.2, -0.15) is 5.10 Å². The Morgan fingerprint density at radius 3 is 2.50 bits per heavy atom. The molecule has 0 unspecified atom stereocenters. The van der Waals surface area contributed by atoms with Crippen LogP contribution in [0, 0.1) is 0 Å². The third kappa shape index (κ3) is 5.00. The summed E-state index contributed by atoms with van der Waals surface area (Å²) in [5, 5.41) is 10.3. The molecule has 178 valence electrons. The van der Waals surface area contributed by atoms with Gasteiger partial charge in [0.2, 0.25) is 5.91 Å². The van der Waals surface area contributed by atoms with Gasteiger partial charge in [0.15, 0.2) is 0 Å². The number of hydrogen-bond acceptors (Lipinski definition) is 5. The number of benzene rings is 2. The van der Waals surface area contributed by atoms with Crippen molar-refractivity contribution in [1.82, 2.24) is 25.3 Å². The Morgan fingerprint density at radius 2 is 1.79 bits per heavy atom. The lowest BCUT2D eigenvalue weighted by molar-refractivity contribution is -0.126. The second-order valence-electron chi connectivity index (χ2n) is 9.26. The molecule has 3 aromatic rings. The van der Waals surface area contributed by atoms with Crippen molar-refractivity contribution >= 4 is 5.91 Å². The molecule has 2 fully saturated rings. The van der Waals surface area contributed by atoms with Crippen LogP contribution in [0.3, 0.4) is 0 Å². The normalized spacial score (nSPS) is 22.0. The Balaban J connectivity index is 1.20. The van der Waals surface area contributed by atoms with Crippen LogP contribution in [-0.4, -0.2) is 70.8 Å². The predicted molar refractivity (Wildman–Crippen MR) is 132 cm³/mol. The third-order valence-corrected chi connectivity index (χ3v) is 7.10. The monoisotopic (exact) mass is 459 g/mol. The quantitative estimate of drug-likeness (QED) is 0.567. The van der Waals surface area contributed by atoms with E-state index in [-0.39, 0.29) is 18.1 Å². The molecule has 1 amide bonds. The van der Waals surface area contributed by atoms with Gasteiger partial charge in [-0.05, 0) is 43.6 Å². The molecule has 7 heteroatoms. The van der Waals surface area contributed by atoms with E-state index in [0.717, 1.165) is 56.9 Å². The number of amides is 1. The van der Waals surface area contributed by atoms with Crippen LogP contribution in [0.2, 0.25) is 0 Å². The lowest BCUT2D eigenvalue weighted by atomic mass is 10.0. The summed E-state index contributed by atoms with van der Waals surface area (Å²) in [4.78, 5) is 17.6. The van der Waals surface area contributed by atoms with Crippen molar-refractivity contribution in [3.05, 3.63) is 72.4 Å². The number of para-hydroxylation sites is 1. The van der Waals surface area contributed by atoms with Gasteiger partial charge in [0, 0.05) is 38.2 Å². The number of aromatic amines is 1. The Kier molecular flexibility index (Phi) is 6.92. The van der Waals surface area contributed by atoms with E-state index < -0.39 is 0 Å². The van der Waals surface area contributed by atoms with E-state index in [9.17, 15) is 4.79 Å². The van der Waals surface area contributed by atoms with E-state index in [1.165, 1.54) is 11.1 Å². The van der Waals surface area contributed by atoms with E-state index in [4.69, 9.17) is 4.74 Å². The average Bonchev–Trinajstić information content (AvgIpc) is 3.52. The summed E-state index contributed by atoms with van der Waals surface area (Å²) in [7, 11) is 1.73. The van der Waals surface area contributed by atoms with E-state index in [0.29, 0.717) is 6.04 Å². The fraction of sp³-hybridized carbons (Fsp3) is 0.407. The molecule has 2 aliphatic rings. The number of carbonyl (C=O) groups excluding carboxylic acids is 1. The van der Waals surface area contributed by atoms with Gasteiger partial charge in [-0.15, -0.1) is 0 Å². The molecule has 0 saturated carbocycles. The first-order valence-electron chi connectivity index (χ1n) is 12.2. The molecule has 0 spiro atoms. The van der Waals surface area contributed by atoms with E-state index >= 15 is 0 Å². The van der Waals surface area contributed by atoms with E-state index in [1.54, 1.807) is 7.05 Å². The topological polar surface area (TPSA) is 73.5 Å². The highest BCUT2D eigenvalue weighted by molar-refractivity contribution is 5.82. The average molecular weight is 460 g/mol. The van der Waals surface area contributed by atoms with Crippen molar-refractivity contribution in [2.75, 3.05) is 26.7 Å². The van der Waals surface area contributed by atoms with Crippen molar-refractivity contribution in [2.24, 2.45) is 0 Å². The molecule has 7 nitrogen and oxygen atoms in total. The number of aromatic nitrogens is 2. The number of rotatable bonds is 7. The Bertz CT molecular complexity index is 1060. The van der Waals surface area contributed by atoms with E-state index in [1.807, 2.05) is 42.6 Å². The third-order valence-electron chi connectivity index (χ3n) is 7.10. The molecule has 2 atom stereocenters. The number of piperidine rings is 1. The van der Waals surface area contributed by atoms with Crippen molar-refractivity contribution in [2.45, 2.75) is 44.0 Å². The molecule has 3 heterocycles. The molecule has 0 aliphatic carbocycles. The van der Waals surface area contributed by atoms with Crippen LogP contribution in [0.5, 0.6) is 5.75 Å². The largest absolute Gasteiger partial charge is 0.489 e. The number of carbonyl (C=O) groups is 1. The second-order valence-corrected chi connectivity index (χ2v) is 9.26. The second kappa shape index (κ2) is 10.4. The minimum absolute atomic E-state index is 0.0297. The van der Waals surface area contributed by atoms with Crippen molar-refractivity contribution in [1.29, 1.82) is 0 Å². The number of H-pyrrole nitrogens is 1. The molecule has 5 rings (SSSR count). The first-order valence-corrected chi connectivity index (χ1v) is 12.2. The number of likely N-dealkylation sites (N-methyl/N-ethyl adjacent to an activating group) is 1. The molecule has 2 aromatic carbocycles. The van der Waals surface area contributed by atoms with Gasteiger partial charge < -0.3 is 10.1 Å². The molecule has 34 heavy (non-hydrogen) atoms. The summed E-state index contributed by atoms with van der Waals surface area (Å²) < 4.78 is 6.23. The van der Waals surface area contributed by atoms with Gasteiger partial charge in [0.1, 0.15) is 11.9 Å². The molecule has 1 aromatic heterocycles. The van der Waals surface area contributed by atoms with E-state index in [2.05, 4.69) is 49.6 Å². The number of likely N-dealkylation sites (tertiary alicyclic amines) is 2. The zero-order chi connectivity index (χ0) is 23.3. The summed E-state index contributed by atoms with van der Waals surface area (Å²) in [5.41, 5.74) is 3.49. The Morgan fingerprint density at radius 1 is 1.09 bits per heavy atom. The zero-order valence-electron chi connectivity index (χ0n) is 19.7. The number of hydrogen-bond donors (Lipinski definition) is 2. The first kappa shape index (κ1) is 22.6. The van der Waals surface area contributed by atoms with Crippen LogP contribution in [0.25, 0.3) is 11.3 Å². The molecule has 0 bridgehead atoms. The maximum absolute atomic E-state index is 12.7. The van der Waals surface area contributed by atoms with Crippen LogP contribution < -0.4 is 10.1 Å². The highest BCUT2D eigenvalue weighted by atomic mass is 16.5. The lowest BCUT2D eigenvalue weighted by Crippen LogP contribution is -2.50. The minimum atomic E-state index is -0.131. The highest BCUT2D eigenvalue weighted by Gasteiger charge is 2.42. The fourth-order valence-corrected chi connectivity index (χ4v) is 5.36. The molecule has 2 aliphatic heterocycles. The smallest absolute Gasteiger partial charge is 0.237 e. The molecular formula is C27H33N5O2. The molecule has 0 radical (unpaired) electrons. The number of nitrogens with one attached hydrogen (secondary N) is 2. The van der Waals surface area contributed by atoms with Gasteiger partial charge in [-0.1, -0.05) is 48.5 Å². The van der Waals surface area contributed by atoms with Crippen molar-refractivity contribution in [3.63, 3.8) is 0 Å². The fourth-order valence-electron chi connectivity index (χ4n) is 5.36. The summed E-state index contributed by atoms with van der Waals surface area (Å²) in [5.74, 6) is 0.960. The highest BCUT2D eigenvalue weighted by Crippen LogP contribution is 2.30. The lowest BCUT2D eigenvalue weighted by Gasteiger charge is -2.38. The minimum Gasteiger partial charge on any atom is -0.489 e. The molecular weight excluding hydrogens is 426 g/mol. The van der Waals surface area contributed by atoms with Crippen molar-refractivity contribution < 1.29 is 9.53 Å². The zero-order valence-corrected chi connectivity index (χ0v) is 19.7. The van der Waals surface area contributed by atoms with Gasteiger partial charge >= 0.3 is 0 Å². The van der Waals surface area contributed by atoms with Crippen LogP contribution in [0.15, 0.2) is 66.9 Å². The van der Waals surface area contributed by atoms with Crippen LogP contribution in [0.4, 0.5) is 0 Å². The van der Waals surface area contributed by atoms with Gasteiger partial charge in [-0.25, -0.2) is 0 Å². The summed E-state index contributed by atoms with van der Waals surface area (Å²) in [6.07, 6.45) is 4.79. The van der Waals surface area contributed by atoms with Gasteiger partial charge in [0.25, 0.3) is 0 Å². The standard InChI is InChI=1S/C27H33N5O2/c1-28-27(33)25-16-24(34-23-10-6-3-7-11-23)19-32(25)22-12-14-31(15-13-22)18-21-17-29-30-26(21)20-8-4-2-5-9-20/h2-11,17,22,24-25H,12-16,18-19H2,1H3,(H,28,33)(H,29,30)/t24-,25-/m0/s1. The molecule has 2 N–H and O–H groups in total.